The average molecular weight is 283 g/mol. The second kappa shape index (κ2) is 5.16. The number of nitrogens with zero attached hydrogens (tertiary/aromatic N) is 2. The molecule has 1 saturated heterocycles. The first-order valence-electron chi connectivity index (χ1n) is 7.06. The van der Waals surface area contributed by atoms with Crippen LogP contribution in [-0.2, 0) is 4.79 Å². The van der Waals surface area contributed by atoms with Crippen molar-refractivity contribution in [1.82, 2.24) is 10.3 Å². The minimum Gasteiger partial charge on any atom is -0.291 e. The van der Waals surface area contributed by atoms with Crippen molar-refractivity contribution in [3.8, 4) is 0 Å². The summed E-state index contributed by atoms with van der Waals surface area (Å²) in [6.45, 7) is 4.65. The van der Waals surface area contributed by atoms with Crippen LogP contribution in [0.2, 0.25) is 0 Å². The Kier molecular flexibility index (Phi) is 3.33. The highest BCUT2D eigenvalue weighted by atomic mass is 16.2. The maximum absolute atomic E-state index is 12.0. The SMILES string of the molecule is CC(C)c1cccc2c(N3CCC(=O)NC3=O)cncc12. The molecular weight excluding hydrogens is 266 g/mol. The fourth-order valence-corrected chi connectivity index (χ4v) is 2.71. The van der Waals surface area contributed by atoms with E-state index in [1.165, 1.54) is 5.56 Å². The predicted octanol–water partition coefficient (Wildman–Crippen LogP) is 2.80. The van der Waals surface area contributed by atoms with E-state index in [1.54, 1.807) is 11.1 Å². The quantitative estimate of drug-likeness (QED) is 0.921. The normalized spacial score (nSPS) is 15.7. The fraction of sp³-hybridized carbons (Fsp3) is 0.312. The van der Waals surface area contributed by atoms with Gasteiger partial charge in [-0.15, -0.1) is 0 Å². The third-order valence-corrected chi connectivity index (χ3v) is 3.78. The van der Waals surface area contributed by atoms with Crippen molar-refractivity contribution >= 4 is 28.4 Å². The maximum Gasteiger partial charge on any atom is 0.328 e. The number of amides is 3. The molecular formula is C16H17N3O2. The Balaban J connectivity index is 2.13. The zero-order chi connectivity index (χ0) is 15.0. The van der Waals surface area contributed by atoms with E-state index < -0.39 is 0 Å². The lowest BCUT2D eigenvalue weighted by Crippen LogP contribution is -2.49. The first-order chi connectivity index (χ1) is 10.1. The molecule has 3 amide bonds. The van der Waals surface area contributed by atoms with Gasteiger partial charge in [-0.2, -0.15) is 0 Å². The minimum atomic E-state index is -0.379. The van der Waals surface area contributed by atoms with Crippen molar-refractivity contribution in [2.45, 2.75) is 26.2 Å². The molecule has 2 heterocycles. The molecule has 21 heavy (non-hydrogen) atoms. The van der Waals surface area contributed by atoms with E-state index in [2.05, 4.69) is 30.2 Å². The molecule has 3 rings (SSSR count). The summed E-state index contributed by atoms with van der Waals surface area (Å²) in [5.74, 6) is 0.148. The first kappa shape index (κ1) is 13.5. The van der Waals surface area contributed by atoms with Crippen molar-refractivity contribution in [1.29, 1.82) is 0 Å². The molecule has 5 nitrogen and oxygen atoms in total. The number of benzene rings is 1. The number of anilines is 1. The number of fused-ring (bicyclic) bond motifs is 1. The molecule has 2 aromatic rings. The second-order valence-corrected chi connectivity index (χ2v) is 5.51. The molecule has 1 aliphatic rings. The van der Waals surface area contributed by atoms with Gasteiger partial charge in [-0.05, 0) is 11.5 Å². The van der Waals surface area contributed by atoms with Crippen molar-refractivity contribution in [3.05, 3.63) is 36.2 Å². The van der Waals surface area contributed by atoms with Crippen LogP contribution < -0.4 is 10.2 Å². The second-order valence-electron chi connectivity index (χ2n) is 5.51. The molecule has 1 fully saturated rings. The molecule has 108 valence electrons. The van der Waals surface area contributed by atoms with E-state index in [1.807, 2.05) is 18.3 Å². The van der Waals surface area contributed by atoms with E-state index >= 15 is 0 Å². The van der Waals surface area contributed by atoms with Crippen molar-refractivity contribution in [3.63, 3.8) is 0 Å². The standard InChI is InChI=1S/C16H17N3O2/c1-10(2)11-4-3-5-12-13(11)8-17-9-14(12)19-7-6-15(20)18-16(19)21/h3-5,8-10H,6-7H2,1-2H3,(H,18,20,21). The topological polar surface area (TPSA) is 62.3 Å². The number of nitrogens with one attached hydrogen (secondary N) is 1. The predicted molar refractivity (Wildman–Crippen MR) is 81.3 cm³/mol. The lowest BCUT2D eigenvalue weighted by Gasteiger charge is -2.27. The van der Waals surface area contributed by atoms with E-state index in [0.29, 0.717) is 18.9 Å². The summed E-state index contributed by atoms with van der Waals surface area (Å²) in [6, 6.07) is 5.68. The van der Waals surface area contributed by atoms with Gasteiger partial charge in [0.25, 0.3) is 0 Å². The monoisotopic (exact) mass is 283 g/mol. The molecule has 0 unspecified atom stereocenters. The number of carbonyl (C=O) groups excluding carboxylic acids is 2. The Morgan fingerprint density at radius 2 is 2.00 bits per heavy atom. The van der Waals surface area contributed by atoms with Gasteiger partial charge in [0.2, 0.25) is 5.91 Å². The molecule has 1 aromatic heterocycles. The number of rotatable bonds is 2. The highest BCUT2D eigenvalue weighted by molar-refractivity contribution is 6.10. The van der Waals surface area contributed by atoms with Gasteiger partial charge in [-0.25, -0.2) is 4.79 Å². The average Bonchev–Trinajstić information content (AvgIpc) is 2.46. The third kappa shape index (κ3) is 2.35. The van der Waals surface area contributed by atoms with E-state index in [0.717, 1.165) is 16.5 Å². The van der Waals surface area contributed by atoms with Gasteiger partial charge in [0.1, 0.15) is 0 Å². The highest BCUT2D eigenvalue weighted by Crippen LogP contribution is 2.31. The smallest absolute Gasteiger partial charge is 0.291 e. The number of hydrogen-bond donors (Lipinski definition) is 1. The van der Waals surface area contributed by atoms with Crippen LogP contribution in [0.1, 0.15) is 31.7 Å². The van der Waals surface area contributed by atoms with Crippen LogP contribution in [0.15, 0.2) is 30.6 Å². The third-order valence-electron chi connectivity index (χ3n) is 3.78. The lowest BCUT2D eigenvalue weighted by molar-refractivity contribution is -0.120. The first-order valence-corrected chi connectivity index (χ1v) is 7.06. The molecule has 0 aliphatic carbocycles. The van der Waals surface area contributed by atoms with Crippen molar-refractivity contribution in [2.24, 2.45) is 0 Å². The number of imide groups is 1. The van der Waals surface area contributed by atoms with Crippen LogP contribution in [0.3, 0.4) is 0 Å². The number of carbonyl (C=O) groups is 2. The molecule has 5 heteroatoms. The highest BCUT2D eigenvalue weighted by Gasteiger charge is 2.25. The van der Waals surface area contributed by atoms with Gasteiger partial charge in [0.15, 0.2) is 0 Å². The molecule has 0 saturated carbocycles. The Bertz CT molecular complexity index is 725. The largest absolute Gasteiger partial charge is 0.328 e. The summed E-state index contributed by atoms with van der Waals surface area (Å²) < 4.78 is 0. The van der Waals surface area contributed by atoms with Gasteiger partial charge < -0.3 is 0 Å². The molecule has 0 bridgehead atoms. The zero-order valence-electron chi connectivity index (χ0n) is 12.1. The van der Waals surface area contributed by atoms with E-state index in [4.69, 9.17) is 0 Å². The van der Waals surface area contributed by atoms with Crippen LogP contribution in [0, 0.1) is 0 Å². The molecule has 0 spiro atoms. The minimum absolute atomic E-state index is 0.229. The summed E-state index contributed by atoms with van der Waals surface area (Å²) in [5.41, 5.74) is 1.95. The van der Waals surface area contributed by atoms with E-state index in [-0.39, 0.29) is 11.9 Å². The van der Waals surface area contributed by atoms with E-state index in [9.17, 15) is 9.59 Å². The zero-order valence-corrected chi connectivity index (χ0v) is 12.1. The molecule has 0 atom stereocenters. The van der Waals surface area contributed by atoms with Gasteiger partial charge in [0.05, 0.1) is 11.9 Å². The van der Waals surface area contributed by atoms with Crippen LogP contribution in [0.4, 0.5) is 10.5 Å². The summed E-state index contributed by atoms with van der Waals surface area (Å²) in [6.07, 6.45) is 3.83. The fourth-order valence-electron chi connectivity index (χ4n) is 2.71. The van der Waals surface area contributed by atoms with Crippen molar-refractivity contribution < 1.29 is 9.59 Å². The molecule has 1 N–H and O–H groups in total. The van der Waals surface area contributed by atoms with Crippen LogP contribution >= 0.6 is 0 Å². The summed E-state index contributed by atoms with van der Waals surface area (Å²) in [5, 5.41) is 4.39. The Labute approximate surface area is 123 Å². The number of aromatic nitrogens is 1. The summed E-state index contributed by atoms with van der Waals surface area (Å²) >= 11 is 0. The number of pyridine rings is 1. The van der Waals surface area contributed by atoms with Gasteiger partial charge >= 0.3 is 6.03 Å². The number of hydrogen-bond acceptors (Lipinski definition) is 3. The van der Waals surface area contributed by atoms with Gasteiger partial charge in [0, 0.05) is 29.9 Å². The van der Waals surface area contributed by atoms with Crippen LogP contribution in [0.25, 0.3) is 10.8 Å². The molecule has 0 radical (unpaired) electrons. The number of urea groups is 1. The van der Waals surface area contributed by atoms with Crippen molar-refractivity contribution in [2.75, 3.05) is 11.4 Å². The van der Waals surface area contributed by atoms with Crippen LogP contribution in [-0.4, -0.2) is 23.5 Å². The Morgan fingerprint density at radius 1 is 1.19 bits per heavy atom. The Morgan fingerprint density at radius 3 is 2.71 bits per heavy atom. The summed E-state index contributed by atoms with van der Waals surface area (Å²) in [4.78, 5) is 29.2. The Hall–Kier alpha value is -2.43. The van der Waals surface area contributed by atoms with Gasteiger partial charge in [-0.3, -0.25) is 20.0 Å². The maximum atomic E-state index is 12.0. The van der Waals surface area contributed by atoms with Crippen LogP contribution in [0.5, 0.6) is 0 Å². The molecule has 1 aromatic carbocycles. The summed E-state index contributed by atoms with van der Waals surface area (Å²) in [7, 11) is 0. The molecule has 1 aliphatic heterocycles. The lowest BCUT2D eigenvalue weighted by atomic mass is 9.96. The van der Waals surface area contributed by atoms with Gasteiger partial charge in [-0.1, -0.05) is 32.0 Å².